The van der Waals surface area contributed by atoms with Crippen LogP contribution in [-0.4, -0.2) is 57.5 Å². The minimum absolute atomic E-state index is 0.118. The van der Waals surface area contributed by atoms with E-state index < -0.39 is 0 Å². The zero-order valence-electron chi connectivity index (χ0n) is 14.1. The molecule has 1 aliphatic heterocycles. The Morgan fingerprint density at radius 2 is 1.68 bits per heavy atom. The summed E-state index contributed by atoms with van der Waals surface area (Å²) in [5, 5.41) is 3.55. The van der Waals surface area contributed by atoms with Crippen molar-refractivity contribution in [1.82, 2.24) is 10.2 Å². The fourth-order valence-corrected chi connectivity index (χ4v) is 2.76. The maximum absolute atomic E-state index is 5.43. The zero-order chi connectivity index (χ0) is 16.0. The van der Waals surface area contributed by atoms with Crippen LogP contribution in [0.3, 0.4) is 0 Å². The van der Waals surface area contributed by atoms with E-state index in [4.69, 9.17) is 14.2 Å². The van der Waals surface area contributed by atoms with Gasteiger partial charge in [0.15, 0.2) is 0 Å². The molecule has 1 aromatic rings. The molecule has 22 heavy (non-hydrogen) atoms. The number of hydrogen-bond donors (Lipinski definition) is 1. The third-order valence-corrected chi connectivity index (χ3v) is 4.17. The summed E-state index contributed by atoms with van der Waals surface area (Å²) in [7, 11) is 3.35. The molecule has 1 fully saturated rings. The lowest BCUT2D eigenvalue weighted by molar-refractivity contribution is -0.00967. The Kier molecular flexibility index (Phi) is 6.06. The van der Waals surface area contributed by atoms with Gasteiger partial charge in [-0.25, -0.2) is 0 Å². The molecule has 0 atom stereocenters. The van der Waals surface area contributed by atoms with Gasteiger partial charge in [-0.3, -0.25) is 4.90 Å². The molecule has 0 unspecified atom stereocenters. The fraction of sp³-hybridized carbons (Fsp3) is 0.647. The van der Waals surface area contributed by atoms with Crippen LogP contribution in [0.4, 0.5) is 0 Å². The van der Waals surface area contributed by atoms with E-state index in [1.807, 2.05) is 18.2 Å². The van der Waals surface area contributed by atoms with Crippen LogP contribution in [0, 0.1) is 0 Å². The number of methoxy groups -OCH3 is 2. The van der Waals surface area contributed by atoms with Gasteiger partial charge in [0.05, 0.1) is 27.4 Å². The molecule has 0 aliphatic carbocycles. The summed E-state index contributed by atoms with van der Waals surface area (Å²) >= 11 is 0. The molecule has 2 rings (SSSR count). The van der Waals surface area contributed by atoms with E-state index >= 15 is 0 Å². The van der Waals surface area contributed by atoms with Crippen molar-refractivity contribution in [2.24, 2.45) is 0 Å². The molecule has 1 N–H and O–H groups in total. The summed E-state index contributed by atoms with van der Waals surface area (Å²) in [6.45, 7) is 9.93. The second-order valence-electron chi connectivity index (χ2n) is 6.24. The number of benzene rings is 1. The van der Waals surface area contributed by atoms with Crippen molar-refractivity contribution < 1.29 is 14.2 Å². The lowest BCUT2D eigenvalue weighted by Gasteiger charge is -2.41. The summed E-state index contributed by atoms with van der Waals surface area (Å²) < 4.78 is 16.0. The number of hydrogen-bond acceptors (Lipinski definition) is 5. The molecule has 0 aromatic heterocycles. The van der Waals surface area contributed by atoms with Crippen LogP contribution >= 0.6 is 0 Å². The quantitative estimate of drug-likeness (QED) is 0.833. The van der Waals surface area contributed by atoms with Crippen molar-refractivity contribution in [2.45, 2.75) is 25.9 Å². The van der Waals surface area contributed by atoms with Crippen LogP contribution in [0.25, 0.3) is 0 Å². The van der Waals surface area contributed by atoms with E-state index in [0.717, 1.165) is 56.5 Å². The molecule has 0 saturated carbocycles. The Hall–Kier alpha value is -1.30. The molecule has 0 spiro atoms. The Balaban J connectivity index is 1.89. The highest BCUT2D eigenvalue weighted by Gasteiger charge is 2.27. The minimum atomic E-state index is 0.118. The van der Waals surface area contributed by atoms with Crippen LogP contribution in [0.5, 0.6) is 11.5 Å². The molecule has 5 heteroatoms. The summed E-state index contributed by atoms with van der Waals surface area (Å²) in [5.41, 5.74) is 1.28. The Morgan fingerprint density at radius 3 is 2.23 bits per heavy atom. The molecular weight excluding hydrogens is 280 g/mol. The highest BCUT2D eigenvalue weighted by atomic mass is 16.5. The molecular formula is C17H28N2O3. The monoisotopic (exact) mass is 308 g/mol. The second-order valence-corrected chi connectivity index (χ2v) is 6.24. The number of ether oxygens (including phenoxy) is 3. The van der Waals surface area contributed by atoms with Crippen molar-refractivity contribution in [3.05, 3.63) is 23.8 Å². The Labute approximate surface area is 133 Å². The lowest BCUT2D eigenvalue weighted by Crippen LogP contribution is -2.54. The maximum Gasteiger partial charge on any atom is 0.122 e. The van der Waals surface area contributed by atoms with Gasteiger partial charge in [0.1, 0.15) is 11.5 Å². The SMILES string of the molecule is COc1cc(CNCC(C)(C)N2CCOCC2)cc(OC)c1. The molecule has 0 amide bonds. The first-order valence-electron chi connectivity index (χ1n) is 7.80. The number of rotatable bonds is 7. The highest BCUT2D eigenvalue weighted by Crippen LogP contribution is 2.22. The molecule has 1 heterocycles. The van der Waals surface area contributed by atoms with Gasteiger partial charge in [0.25, 0.3) is 0 Å². The highest BCUT2D eigenvalue weighted by molar-refractivity contribution is 5.38. The first-order chi connectivity index (χ1) is 10.5. The summed E-state index contributed by atoms with van der Waals surface area (Å²) in [6, 6.07) is 5.97. The van der Waals surface area contributed by atoms with Gasteiger partial charge >= 0.3 is 0 Å². The largest absolute Gasteiger partial charge is 0.497 e. The van der Waals surface area contributed by atoms with Crippen molar-refractivity contribution >= 4 is 0 Å². The lowest BCUT2D eigenvalue weighted by atomic mass is 10.0. The van der Waals surface area contributed by atoms with Gasteiger partial charge < -0.3 is 19.5 Å². The fourth-order valence-electron chi connectivity index (χ4n) is 2.76. The normalized spacial score (nSPS) is 16.5. The first-order valence-corrected chi connectivity index (χ1v) is 7.80. The van der Waals surface area contributed by atoms with E-state index in [-0.39, 0.29) is 5.54 Å². The molecule has 1 aromatic carbocycles. The van der Waals surface area contributed by atoms with Gasteiger partial charge in [-0.05, 0) is 31.5 Å². The zero-order valence-corrected chi connectivity index (χ0v) is 14.1. The van der Waals surface area contributed by atoms with Crippen LogP contribution in [0.15, 0.2) is 18.2 Å². The van der Waals surface area contributed by atoms with Crippen LogP contribution in [0.2, 0.25) is 0 Å². The van der Waals surface area contributed by atoms with E-state index in [1.165, 1.54) is 0 Å². The van der Waals surface area contributed by atoms with Gasteiger partial charge in [-0.15, -0.1) is 0 Å². The summed E-state index contributed by atoms with van der Waals surface area (Å²) in [5.74, 6) is 1.65. The number of nitrogens with one attached hydrogen (secondary N) is 1. The molecule has 124 valence electrons. The van der Waals surface area contributed by atoms with Gasteiger partial charge in [-0.1, -0.05) is 0 Å². The third kappa shape index (κ3) is 4.60. The predicted molar refractivity (Wildman–Crippen MR) is 87.7 cm³/mol. The van der Waals surface area contributed by atoms with Gasteiger partial charge in [-0.2, -0.15) is 0 Å². The maximum atomic E-state index is 5.43. The Morgan fingerprint density at radius 1 is 1.09 bits per heavy atom. The average Bonchev–Trinajstić information content (AvgIpc) is 2.55. The molecule has 1 aliphatic rings. The van der Waals surface area contributed by atoms with E-state index in [9.17, 15) is 0 Å². The van der Waals surface area contributed by atoms with Crippen LogP contribution in [-0.2, 0) is 11.3 Å². The summed E-state index contributed by atoms with van der Waals surface area (Å²) in [6.07, 6.45) is 0. The van der Waals surface area contributed by atoms with Gasteiger partial charge in [0.2, 0.25) is 0 Å². The van der Waals surface area contributed by atoms with Crippen molar-refractivity contribution in [1.29, 1.82) is 0 Å². The number of morpholine rings is 1. The first kappa shape index (κ1) is 17.1. The van der Waals surface area contributed by atoms with Gasteiger partial charge in [0, 0.05) is 37.8 Å². The van der Waals surface area contributed by atoms with Crippen LogP contribution in [0.1, 0.15) is 19.4 Å². The van der Waals surface area contributed by atoms with Crippen LogP contribution < -0.4 is 14.8 Å². The molecule has 0 bridgehead atoms. The molecule has 1 saturated heterocycles. The minimum Gasteiger partial charge on any atom is -0.497 e. The average molecular weight is 308 g/mol. The van der Waals surface area contributed by atoms with E-state index in [1.54, 1.807) is 14.2 Å². The van der Waals surface area contributed by atoms with Crippen molar-refractivity contribution in [2.75, 3.05) is 47.1 Å². The second kappa shape index (κ2) is 7.81. The molecule has 5 nitrogen and oxygen atoms in total. The smallest absolute Gasteiger partial charge is 0.122 e. The molecule has 0 radical (unpaired) electrons. The summed E-state index contributed by atoms with van der Waals surface area (Å²) in [4.78, 5) is 2.48. The number of nitrogens with zero attached hydrogens (tertiary/aromatic N) is 1. The third-order valence-electron chi connectivity index (χ3n) is 4.17. The topological polar surface area (TPSA) is 43.0 Å². The predicted octanol–water partition coefficient (Wildman–Crippen LogP) is 1.90. The van der Waals surface area contributed by atoms with Crippen molar-refractivity contribution in [3.63, 3.8) is 0 Å². The van der Waals surface area contributed by atoms with E-state index in [0.29, 0.717) is 0 Å². The standard InChI is InChI=1S/C17H28N2O3/c1-17(2,19-5-7-22-8-6-19)13-18-12-14-9-15(20-3)11-16(10-14)21-4/h9-11,18H,5-8,12-13H2,1-4H3. The Bertz CT molecular complexity index is 449. The van der Waals surface area contributed by atoms with E-state index in [2.05, 4.69) is 24.1 Å². The van der Waals surface area contributed by atoms with Crippen molar-refractivity contribution in [3.8, 4) is 11.5 Å².